The summed E-state index contributed by atoms with van der Waals surface area (Å²) in [5.41, 5.74) is 3.54. The number of benzene rings is 2. The minimum Gasteiger partial charge on any atom is -0.372 e. The molecule has 2 aliphatic rings. The van der Waals surface area contributed by atoms with Gasteiger partial charge in [0.15, 0.2) is 5.82 Å². The van der Waals surface area contributed by atoms with Crippen LogP contribution < -0.4 is 0 Å². The van der Waals surface area contributed by atoms with Crippen LogP contribution in [0.1, 0.15) is 54.6 Å². The molecule has 0 radical (unpaired) electrons. The first-order chi connectivity index (χ1) is 12.9. The summed E-state index contributed by atoms with van der Waals surface area (Å²) in [6, 6.07) is 19.3. The van der Waals surface area contributed by atoms with Crippen molar-refractivity contribution in [1.82, 2.24) is 14.8 Å². The third-order valence-electron chi connectivity index (χ3n) is 5.73. The highest BCUT2D eigenvalue weighted by Crippen LogP contribution is 2.47. The quantitative estimate of drug-likeness (QED) is 0.662. The highest BCUT2D eigenvalue weighted by atomic mass is 16.5. The zero-order valence-corrected chi connectivity index (χ0v) is 14.8. The largest absolute Gasteiger partial charge is 0.372 e. The zero-order chi connectivity index (χ0) is 17.3. The topological polar surface area (TPSA) is 39.9 Å². The van der Waals surface area contributed by atoms with Gasteiger partial charge < -0.3 is 9.30 Å². The Kier molecular flexibility index (Phi) is 4.06. The molecular formula is C22H23N3O. The Balaban J connectivity index is 1.40. The van der Waals surface area contributed by atoms with Gasteiger partial charge in [-0.15, -0.1) is 10.2 Å². The van der Waals surface area contributed by atoms with E-state index in [0.717, 1.165) is 11.4 Å². The summed E-state index contributed by atoms with van der Waals surface area (Å²) in [4.78, 5) is 0. The van der Waals surface area contributed by atoms with Crippen LogP contribution in [0.5, 0.6) is 0 Å². The Labute approximate surface area is 153 Å². The molecule has 0 saturated heterocycles. The lowest BCUT2D eigenvalue weighted by Gasteiger charge is -2.19. The summed E-state index contributed by atoms with van der Waals surface area (Å²) in [5.74, 6) is 2.83. The second-order valence-electron chi connectivity index (χ2n) is 7.40. The van der Waals surface area contributed by atoms with Crippen molar-refractivity contribution in [2.24, 2.45) is 0 Å². The van der Waals surface area contributed by atoms with E-state index in [1.54, 1.807) is 0 Å². The predicted octanol–water partition coefficient (Wildman–Crippen LogP) is 4.87. The molecule has 2 unspecified atom stereocenters. The fraction of sp³-hybridized carbons (Fsp3) is 0.364. The smallest absolute Gasteiger partial charge is 0.164 e. The van der Waals surface area contributed by atoms with E-state index in [9.17, 15) is 0 Å². The van der Waals surface area contributed by atoms with E-state index >= 15 is 0 Å². The predicted molar refractivity (Wildman–Crippen MR) is 101 cm³/mol. The van der Waals surface area contributed by atoms with Gasteiger partial charge in [-0.2, -0.15) is 0 Å². The summed E-state index contributed by atoms with van der Waals surface area (Å²) in [6.07, 6.45) is 5.06. The van der Waals surface area contributed by atoms with Gasteiger partial charge in [0, 0.05) is 17.5 Å². The molecule has 0 spiro atoms. The van der Waals surface area contributed by atoms with Crippen LogP contribution in [0.2, 0.25) is 0 Å². The summed E-state index contributed by atoms with van der Waals surface area (Å²) in [5, 5.41) is 9.13. The number of fused-ring (bicyclic) bond motifs is 5. The van der Waals surface area contributed by atoms with Crippen LogP contribution in [0.25, 0.3) is 11.4 Å². The molecular weight excluding hydrogens is 322 g/mol. The zero-order valence-electron chi connectivity index (χ0n) is 14.8. The van der Waals surface area contributed by atoms with Crippen LogP contribution in [-0.4, -0.2) is 14.8 Å². The minimum absolute atomic E-state index is 0.576. The highest BCUT2D eigenvalue weighted by molar-refractivity contribution is 5.61. The van der Waals surface area contributed by atoms with Crippen LogP contribution in [0.4, 0.5) is 0 Å². The average molecular weight is 345 g/mol. The lowest BCUT2D eigenvalue weighted by Crippen LogP contribution is -2.09. The second kappa shape index (κ2) is 6.69. The first-order valence-corrected chi connectivity index (χ1v) is 9.55. The van der Waals surface area contributed by atoms with Crippen LogP contribution in [0.3, 0.4) is 0 Å². The number of ether oxygens (including phenoxy) is 1. The van der Waals surface area contributed by atoms with Crippen LogP contribution in [0.15, 0.2) is 54.6 Å². The molecule has 26 heavy (non-hydrogen) atoms. The van der Waals surface area contributed by atoms with Gasteiger partial charge in [0.1, 0.15) is 5.82 Å². The number of nitrogens with zero attached hydrogens (tertiary/aromatic N) is 3. The number of rotatable bonds is 5. The van der Waals surface area contributed by atoms with Gasteiger partial charge in [-0.1, -0.05) is 61.0 Å². The van der Waals surface area contributed by atoms with E-state index in [-0.39, 0.29) is 0 Å². The average Bonchev–Trinajstić information content (AvgIpc) is 3.23. The summed E-state index contributed by atoms with van der Waals surface area (Å²) in [6.45, 7) is 1.21. The van der Waals surface area contributed by atoms with Crippen molar-refractivity contribution in [2.45, 2.75) is 50.9 Å². The maximum absolute atomic E-state index is 5.99. The van der Waals surface area contributed by atoms with E-state index in [1.165, 1.54) is 42.6 Å². The van der Waals surface area contributed by atoms with Gasteiger partial charge in [-0.05, 0) is 30.4 Å². The van der Waals surface area contributed by atoms with Crippen molar-refractivity contribution in [3.8, 4) is 11.4 Å². The molecule has 132 valence electrons. The molecule has 1 saturated carbocycles. The fourth-order valence-corrected chi connectivity index (χ4v) is 4.48. The molecule has 0 amide bonds. The SMILES string of the molecule is c1ccc(COCc2ccccc2-c2nnc3n2C2CCCC3C2)cc1. The summed E-state index contributed by atoms with van der Waals surface area (Å²) in [7, 11) is 0. The van der Waals surface area contributed by atoms with Gasteiger partial charge in [0.05, 0.1) is 13.2 Å². The fourth-order valence-electron chi connectivity index (χ4n) is 4.48. The van der Waals surface area contributed by atoms with Crippen LogP contribution in [-0.2, 0) is 18.0 Å². The minimum atomic E-state index is 0.576. The van der Waals surface area contributed by atoms with Crippen molar-refractivity contribution < 1.29 is 4.74 Å². The number of hydrogen-bond acceptors (Lipinski definition) is 3. The number of aromatic nitrogens is 3. The summed E-state index contributed by atoms with van der Waals surface area (Å²) < 4.78 is 8.40. The van der Waals surface area contributed by atoms with Crippen LogP contribution >= 0.6 is 0 Å². The maximum Gasteiger partial charge on any atom is 0.164 e. The Morgan fingerprint density at radius 1 is 0.923 bits per heavy atom. The Hall–Kier alpha value is -2.46. The van der Waals surface area contributed by atoms with Gasteiger partial charge in [0.25, 0.3) is 0 Å². The Bertz CT molecular complexity index is 903. The first kappa shape index (κ1) is 15.8. The molecule has 4 nitrogen and oxygen atoms in total. The molecule has 0 N–H and O–H groups in total. The maximum atomic E-state index is 5.99. The molecule has 1 fully saturated rings. The lowest BCUT2D eigenvalue weighted by molar-refractivity contribution is 0.107. The molecule has 4 heteroatoms. The molecule has 2 bridgehead atoms. The van der Waals surface area contributed by atoms with E-state index in [0.29, 0.717) is 25.2 Å². The standard InChI is InChI=1S/C22H23N3O/c1-2-7-16(8-3-1)14-26-15-18-9-4-5-12-20(18)22-24-23-21-17-10-6-11-19(13-17)25(21)22/h1-5,7-9,12,17,19H,6,10-11,13-15H2. The summed E-state index contributed by atoms with van der Waals surface area (Å²) >= 11 is 0. The van der Waals surface area contributed by atoms with Gasteiger partial charge in [-0.25, -0.2) is 0 Å². The van der Waals surface area contributed by atoms with Crippen LogP contribution in [0, 0.1) is 0 Å². The second-order valence-corrected chi connectivity index (χ2v) is 7.40. The van der Waals surface area contributed by atoms with Gasteiger partial charge >= 0.3 is 0 Å². The molecule has 2 atom stereocenters. The molecule has 1 aliphatic heterocycles. The third kappa shape index (κ3) is 2.74. The van der Waals surface area contributed by atoms with E-state index in [4.69, 9.17) is 4.74 Å². The molecule has 2 heterocycles. The first-order valence-electron chi connectivity index (χ1n) is 9.55. The van der Waals surface area contributed by atoms with Gasteiger partial charge in [0.2, 0.25) is 0 Å². The van der Waals surface area contributed by atoms with Crippen molar-refractivity contribution >= 4 is 0 Å². The molecule has 1 aliphatic carbocycles. The number of hydrogen-bond donors (Lipinski definition) is 0. The van der Waals surface area contributed by atoms with E-state index in [2.05, 4.69) is 51.2 Å². The molecule has 3 aromatic rings. The monoisotopic (exact) mass is 345 g/mol. The normalized spacial score (nSPS) is 20.9. The molecule has 1 aromatic heterocycles. The van der Waals surface area contributed by atoms with Crippen molar-refractivity contribution in [1.29, 1.82) is 0 Å². The van der Waals surface area contributed by atoms with E-state index < -0.39 is 0 Å². The van der Waals surface area contributed by atoms with E-state index in [1.807, 2.05) is 18.2 Å². The third-order valence-corrected chi connectivity index (χ3v) is 5.73. The van der Waals surface area contributed by atoms with Crippen molar-refractivity contribution in [3.63, 3.8) is 0 Å². The highest BCUT2D eigenvalue weighted by Gasteiger charge is 2.38. The lowest BCUT2D eigenvalue weighted by atomic mass is 9.89. The van der Waals surface area contributed by atoms with Crippen molar-refractivity contribution in [2.75, 3.05) is 0 Å². The molecule has 2 aromatic carbocycles. The molecule has 5 rings (SSSR count). The Morgan fingerprint density at radius 2 is 1.77 bits per heavy atom. The van der Waals surface area contributed by atoms with Crippen molar-refractivity contribution in [3.05, 3.63) is 71.5 Å². The van der Waals surface area contributed by atoms with Gasteiger partial charge in [-0.3, -0.25) is 0 Å². The Morgan fingerprint density at radius 3 is 2.69 bits per heavy atom.